The molecule has 4 heteroatoms. The molecule has 0 unspecified atom stereocenters. The molecule has 0 saturated heterocycles. The number of rotatable bonds is 9. The van der Waals surface area contributed by atoms with Gasteiger partial charge in [0.2, 0.25) is 0 Å². The van der Waals surface area contributed by atoms with E-state index >= 15 is 0 Å². The van der Waals surface area contributed by atoms with Gasteiger partial charge in [0.25, 0.3) is 5.91 Å². The van der Waals surface area contributed by atoms with Crippen LogP contribution in [-0.2, 0) is 0 Å². The number of primary amides is 1. The number of ether oxygens (including phenoxy) is 2. The second kappa shape index (κ2) is 8.40. The topological polar surface area (TPSA) is 61.6 Å². The Morgan fingerprint density at radius 1 is 1.11 bits per heavy atom. The molecule has 0 aliphatic carbocycles. The highest BCUT2D eigenvalue weighted by molar-refractivity contribution is 5.96. The first-order valence-corrected chi connectivity index (χ1v) is 6.88. The molecule has 0 atom stereocenters. The van der Waals surface area contributed by atoms with Crippen molar-refractivity contribution >= 4 is 5.91 Å². The van der Waals surface area contributed by atoms with E-state index in [1.165, 1.54) is 0 Å². The van der Waals surface area contributed by atoms with Gasteiger partial charge in [-0.15, -0.1) is 0 Å². The fourth-order valence-electron chi connectivity index (χ4n) is 1.58. The van der Waals surface area contributed by atoms with Gasteiger partial charge in [0.1, 0.15) is 11.5 Å². The lowest BCUT2D eigenvalue weighted by atomic mass is 10.2. The van der Waals surface area contributed by atoms with Gasteiger partial charge in [0.05, 0.1) is 18.8 Å². The Morgan fingerprint density at radius 3 is 2.32 bits per heavy atom. The van der Waals surface area contributed by atoms with Gasteiger partial charge in [0, 0.05) is 0 Å². The summed E-state index contributed by atoms with van der Waals surface area (Å²) in [5.41, 5.74) is 5.75. The Balaban J connectivity index is 2.73. The quantitative estimate of drug-likeness (QED) is 0.698. The number of carbonyl (C=O) groups is 1. The monoisotopic (exact) mass is 265 g/mol. The molecular weight excluding hydrogens is 242 g/mol. The normalized spacial score (nSPS) is 10.2. The van der Waals surface area contributed by atoms with E-state index in [-0.39, 0.29) is 0 Å². The van der Waals surface area contributed by atoms with Crippen LogP contribution in [0.3, 0.4) is 0 Å². The first-order chi connectivity index (χ1) is 9.19. The van der Waals surface area contributed by atoms with Crippen molar-refractivity contribution in [3.8, 4) is 11.5 Å². The van der Waals surface area contributed by atoms with Gasteiger partial charge >= 0.3 is 0 Å². The number of hydrogen-bond donors (Lipinski definition) is 1. The van der Waals surface area contributed by atoms with Crippen molar-refractivity contribution in [3.63, 3.8) is 0 Å². The molecule has 0 aromatic heterocycles. The third-order valence-corrected chi connectivity index (χ3v) is 2.74. The Hall–Kier alpha value is -1.71. The fraction of sp³-hybridized carbons (Fsp3) is 0.533. The van der Waals surface area contributed by atoms with Crippen molar-refractivity contribution in [2.75, 3.05) is 13.2 Å². The molecule has 1 rings (SSSR count). The third kappa shape index (κ3) is 5.20. The summed E-state index contributed by atoms with van der Waals surface area (Å²) in [6.07, 6.45) is 4.05. The van der Waals surface area contributed by atoms with Crippen LogP contribution in [0.2, 0.25) is 0 Å². The summed E-state index contributed by atoms with van der Waals surface area (Å²) in [5.74, 6) is 0.696. The van der Waals surface area contributed by atoms with Gasteiger partial charge in [-0.25, -0.2) is 0 Å². The molecule has 1 amide bonds. The zero-order chi connectivity index (χ0) is 14.1. The Bertz CT molecular complexity index is 404. The maximum atomic E-state index is 11.4. The van der Waals surface area contributed by atoms with E-state index in [0.717, 1.165) is 25.7 Å². The molecule has 0 heterocycles. The minimum Gasteiger partial charge on any atom is -0.494 e. The van der Waals surface area contributed by atoms with E-state index in [9.17, 15) is 4.79 Å². The predicted molar refractivity (Wildman–Crippen MR) is 75.8 cm³/mol. The summed E-state index contributed by atoms with van der Waals surface area (Å²) in [6, 6.07) is 5.21. The molecule has 0 bridgehead atoms. The highest BCUT2D eigenvalue weighted by Crippen LogP contribution is 2.24. The highest BCUT2D eigenvalue weighted by Gasteiger charge is 2.11. The van der Waals surface area contributed by atoms with Crippen LogP contribution < -0.4 is 15.2 Å². The van der Waals surface area contributed by atoms with Gasteiger partial charge in [0.15, 0.2) is 0 Å². The molecule has 0 spiro atoms. The summed E-state index contributed by atoms with van der Waals surface area (Å²) < 4.78 is 11.1. The summed E-state index contributed by atoms with van der Waals surface area (Å²) in [7, 11) is 0. The third-order valence-electron chi connectivity index (χ3n) is 2.74. The standard InChI is InChI=1S/C15H23NO3/c1-3-5-9-18-12-7-8-14(19-10-6-4-2)13(11-12)15(16)17/h7-8,11H,3-6,9-10H2,1-2H3,(H2,16,17). The van der Waals surface area contributed by atoms with E-state index in [1.807, 2.05) is 6.07 Å². The summed E-state index contributed by atoms with van der Waals surface area (Å²) in [4.78, 5) is 11.4. The minimum absolute atomic E-state index is 0.380. The van der Waals surface area contributed by atoms with Crippen LogP contribution in [0.1, 0.15) is 49.9 Å². The Morgan fingerprint density at radius 2 is 1.74 bits per heavy atom. The number of unbranched alkanes of at least 4 members (excludes halogenated alkanes) is 2. The number of amides is 1. The molecule has 0 aliphatic heterocycles. The second-order valence-electron chi connectivity index (χ2n) is 4.43. The molecule has 1 aromatic carbocycles. The largest absolute Gasteiger partial charge is 0.494 e. The first-order valence-electron chi connectivity index (χ1n) is 6.88. The lowest BCUT2D eigenvalue weighted by Gasteiger charge is -2.11. The number of hydrogen-bond acceptors (Lipinski definition) is 3. The number of nitrogens with two attached hydrogens (primary N) is 1. The lowest BCUT2D eigenvalue weighted by molar-refractivity contribution is 0.0995. The van der Waals surface area contributed by atoms with Crippen molar-refractivity contribution in [2.45, 2.75) is 39.5 Å². The molecule has 2 N–H and O–H groups in total. The average molecular weight is 265 g/mol. The van der Waals surface area contributed by atoms with Crippen LogP contribution >= 0.6 is 0 Å². The molecule has 0 radical (unpaired) electrons. The molecule has 106 valence electrons. The average Bonchev–Trinajstić information content (AvgIpc) is 2.40. The van der Waals surface area contributed by atoms with Crippen LogP contribution in [0, 0.1) is 0 Å². The van der Waals surface area contributed by atoms with Gasteiger partial charge in [-0.3, -0.25) is 4.79 Å². The summed E-state index contributed by atoms with van der Waals surface area (Å²) in [5, 5.41) is 0. The smallest absolute Gasteiger partial charge is 0.252 e. The zero-order valence-corrected chi connectivity index (χ0v) is 11.8. The van der Waals surface area contributed by atoms with E-state index in [4.69, 9.17) is 15.2 Å². The van der Waals surface area contributed by atoms with E-state index in [1.54, 1.807) is 12.1 Å². The molecular formula is C15H23NO3. The lowest BCUT2D eigenvalue weighted by Crippen LogP contribution is -2.14. The van der Waals surface area contributed by atoms with Crippen LogP contribution in [-0.4, -0.2) is 19.1 Å². The minimum atomic E-state index is -0.493. The molecule has 19 heavy (non-hydrogen) atoms. The maximum Gasteiger partial charge on any atom is 0.252 e. The fourth-order valence-corrected chi connectivity index (χ4v) is 1.58. The number of benzene rings is 1. The first kappa shape index (κ1) is 15.3. The zero-order valence-electron chi connectivity index (χ0n) is 11.8. The second-order valence-corrected chi connectivity index (χ2v) is 4.43. The summed E-state index contributed by atoms with van der Waals surface area (Å²) >= 11 is 0. The SMILES string of the molecule is CCCCOc1ccc(OCCCC)c(C(N)=O)c1. The molecule has 0 saturated carbocycles. The van der Waals surface area contributed by atoms with Crippen molar-refractivity contribution in [1.29, 1.82) is 0 Å². The van der Waals surface area contributed by atoms with Gasteiger partial charge < -0.3 is 15.2 Å². The maximum absolute atomic E-state index is 11.4. The van der Waals surface area contributed by atoms with E-state index < -0.39 is 5.91 Å². The molecule has 1 aromatic rings. The van der Waals surface area contributed by atoms with Crippen LogP contribution in [0.25, 0.3) is 0 Å². The van der Waals surface area contributed by atoms with E-state index in [2.05, 4.69) is 13.8 Å². The summed E-state index contributed by atoms with van der Waals surface area (Å²) in [6.45, 7) is 5.42. The van der Waals surface area contributed by atoms with Gasteiger partial charge in [-0.1, -0.05) is 26.7 Å². The van der Waals surface area contributed by atoms with Gasteiger partial charge in [-0.2, -0.15) is 0 Å². The van der Waals surface area contributed by atoms with Crippen molar-refractivity contribution in [2.24, 2.45) is 5.73 Å². The van der Waals surface area contributed by atoms with E-state index in [0.29, 0.717) is 30.3 Å². The Labute approximate surface area is 114 Å². The van der Waals surface area contributed by atoms with Crippen LogP contribution in [0.5, 0.6) is 11.5 Å². The Kier molecular flexibility index (Phi) is 6.79. The molecule has 4 nitrogen and oxygen atoms in total. The molecule has 0 fully saturated rings. The van der Waals surface area contributed by atoms with Crippen LogP contribution in [0.4, 0.5) is 0 Å². The van der Waals surface area contributed by atoms with Crippen molar-refractivity contribution < 1.29 is 14.3 Å². The highest BCUT2D eigenvalue weighted by atomic mass is 16.5. The van der Waals surface area contributed by atoms with Crippen molar-refractivity contribution in [3.05, 3.63) is 23.8 Å². The van der Waals surface area contributed by atoms with Crippen LogP contribution in [0.15, 0.2) is 18.2 Å². The van der Waals surface area contributed by atoms with Crippen molar-refractivity contribution in [1.82, 2.24) is 0 Å². The predicted octanol–water partition coefficient (Wildman–Crippen LogP) is 3.14. The van der Waals surface area contributed by atoms with Gasteiger partial charge in [-0.05, 0) is 31.0 Å². The number of carbonyl (C=O) groups excluding carboxylic acids is 1. The molecule has 0 aliphatic rings.